The number of nitrogens with zero attached hydrogens (tertiary/aromatic N) is 3. The van der Waals surface area contributed by atoms with Gasteiger partial charge >= 0.3 is 0 Å². The van der Waals surface area contributed by atoms with Crippen LogP contribution in [0.25, 0.3) is 0 Å². The van der Waals surface area contributed by atoms with E-state index in [0.29, 0.717) is 0 Å². The first-order valence-electron chi connectivity index (χ1n) is 7.86. The molecule has 0 unspecified atom stereocenters. The highest BCUT2D eigenvalue weighted by molar-refractivity contribution is 5.51. The number of hydrogen-bond acceptors (Lipinski definition) is 3. The van der Waals surface area contributed by atoms with Gasteiger partial charge in [-0.05, 0) is 57.0 Å². The van der Waals surface area contributed by atoms with Crippen LogP contribution in [0.4, 0.5) is 5.69 Å². The van der Waals surface area contributed by atoms with Crippen molar-refractivity contribution in [3.63, 3.8) is 0 Å². The van der Waals surface area contributed by atoms with Crippen LogP contribution in [0.1, 0.15) is 37.7 Å². The molecule has 0 radical (unpaired) electrons. The second-order valence-electron chi connectivity index (χ2n) is 5.98. The summed E-state index contributed by atoms with van der Waals surface area (Å²) in [6.45, 7) is 4.84. The average Bonchev–Trinajstić information content (AvgIpc) is 2.56. The van der Waals surface area contributed by atoms with Crippen LogP contribution in [0.5, 0.6) is 0 Å². The lowest BCUT2D eigenvalue weighted by Gasteiger charge is -2.41. The van der Waals surface area contributed by atoms with E-state index in [9.17, 15) is 0 Å². The summed E-state index contributed by atoms with van der Waals surface area (Å²) in [7, 11) is 0. The van der Waals surface area contributed by atoms with E-state index in [2.05, 4.69) is 21.9 Å². The molecular weight excluding hydrogens is 246 g/mol. The molecular formula is C17H23N3. The van der Waals surface area contributed by atoms with Gasteiger partial charge < -0.3 is 9.80 Å². The van der Waals surface area contributed by atoms with Crippen LogP contribution in [-0.4, -0.2) is 37.1 Å². The third-order valence-corrected chi connectivity index (χ3v) is 4.71. The van der Waals surface area contributed by atoms with E-state index in [1.54, 1.807) is 0 Å². The molecule has 2 fully saturated rings. The highest BCUT2D eigenvalue weighted by Crippen LogP contribution is 2.25. The molecule has 0 saturated carbocycles. The summed E-state index contributed by atoms with van der Waals surface area (Å²) in [5, 5.41) is 9.00. The summed E-state index contributed by atoms with van der Waals surface area (Å²) < 4.78 is 0. The van der Waals surface area contributed by atoms with Gasteiger partial charge in [-0.2, -0.15) is 5.26 Å². The maximum absolute atomic E-state index is 9.00. The normalized spacial score (nSPS) is 21.6. The molecule has 106 valence electrons. The van der Waals surface area contributed by atoms with Crippen LogP contribution in [0.2, 0.25) is 0 Å². The minimum absolute atomic E-state index is 0.764. The first kappa shape index (κ1) is 13.5. The van der Waals surface area contributed by atoms with E-state index < -0.39 is 0 Å². The first-order valence-corrected chi connectivity index (χ1v) is 7.86. The smallest absolute Gasteiger partial charge is 0.0992 e. The van der Waals surface area contributed by atoms with Crippen LogP contribution in [-0.2, 0) is 0 Å². The van der Waals surface area contributed by atoms with Crippen LogP contribution < -0.4 is 4.90 Å². The average molecular weight is 269 g/mol. The summed E-state index contributed by atoms with van der Waals surface area (Å²) in [4.78, 5) is 5.13. The van der Waals surface area contributed by atoms with Crippen LogP contribution in [0.3, 0.4) is 0 Å². The van der Waals surface area contributed by atoms with Crippen molar-refractivity contribution in [1.29, 1.82) is 5.26 Å². The zero-order valence-electron chi connectivity index (χ0n) is 12.1. The van der Waals surface area contributed by atoms with Crippen molar-refractivity contribution < 1.29 is 0 Å². The molecule has 0 aliphatic carbocycles. The van der Waals surface area contributed by atoms with Crippen LogP contribution >= 0.6 is 0 Å². The van der Waals surface area contributed by atoms with Crippen molar-refractivity contribution in [2.45, 2.75) is 38.1 Å². The van der Waals surface area contributed by atoms with E-state index >= 15 is 0 Å². The highest BCUT2D eigenvalue weighted by atomic mass is 15.2. The van der Waals surface area contributed by atoms with Gasteiger partial charge in [0.25, 0.3) is 0 Å². The lowest BCUT2D eigenvalue weighted by molar-refractivity contribution is 0.141. The molecule has 0 N–H and O–H groups in total. The van der Waals surface area contributed by atoms with Crippen molar-refractivity contribution >= 4 is 5.69 Å². The van der Waals surface area contributed by atoms with Gasteiger partial charge in [-0.3, -0.25) is 0 Å². The molecule has 20 heavy (non-hydrogen) atoms. The predicted octanol–water partition coefficient (Wildman–Crippen LogP) is 3.01. The molecule has 2 aliphatic heterocycles. The number of anilines is 1. The Bertz CT molecular complexity index is 477. The van der Waals surface area contributed by atoms with Gasteiger partial charge in [0.15, 0.2) is 0 Å². The standard InChI is InChI=1S/C17H23N3/c18-14-15-5-4-6-17(13-15)20-11-7-16(8-12-20)19-9-2-1-3-10-19/h4-6,13,16H,1-3,7-12H2. The molecule has 0 bridgehead atoms. The van der Waals surface area contributed by atoms with Crippen molar-refractivity contribution in [3.8, 4) is 6.07 Å². The van der Waals surface area contributed by atoms with Gasteiger partial charge in [0.05, 0.1) is 11.6 Å². The number of piperidine rings is 2. The fourth-order valence-electron chi connectivity index (χ4n) is 3.54. The second kappa shape index (κ2) is 6.28. The third-order valence-electron chi connectivity index (χ3n) is 4.71. The Kier molecular flexibility index (Phi) is 4.22. The summed E-state index contributed by atoms with van der Waals surface area (Å²) in [5.74, 6) is 0. The molecule has 0 atom stereocenters. The van der Waals surface area contributed by atoms with E-state index in [1.165, 1.54) is 50.9 Å². The summed E-state index contributed by atoms with van der Waals surface area (Å²) >= 11 is 0. The zero-order valence-corrected chi connectivity index (χ0v) is 12.1. The predicted molar refractivity (Wildman–Crippen MR) is 81.8 cm³/mol. The summed E-state index contributed by atoms with van der Waals surface area (Å²) in [5.41, 5.74) is 1.97. The Labute approximate surface area is 121 Å². The molecule has 2 saturated heterocycles. The fraction of sp³-hybridized carbons (Fsp3) is 0.588. The Morgan fingerprint density at radius 2 is 1.75 bits per heavy atom. The van der Waals surface area contributed by atoms with E-state index in [-0.39, 0.29) is 0 Å². The quantitative estimate of drug-likeness (QED) is 0.827. The van der Waals surface area contributed by atoms with Crippen LogP contribution in [0.15, 0.2) is 24.3 Å². The lowest BCUT2D eigenvalue weighted by atomic mass is 9.99. The lowest BCUT2D eigenvalue weighted by Crippen LogP contribution is -2.46. The summed E-state index contributed by atoms with van der Waals surface area (Å²) in [6, 6.07) is 11.0. The monoisotopic (exact) mass is 269 g/mol. The topological polar surface area (TPSA) is 30.3 Å². The van der Waals surface area contributed by atoms with Crippen molar-refractivity contribution in [2.75, 3.05) is 31.1 Å². The van der Waals surface area contributed by atoms with Gasteiger partial charge in [-0.1, -0.05) is 12.5 Å². The molecule has 3 heteroatoms. The largest absolute Gasteiger partial charge is 0.371 e. The van der Waals surface area contributed by atoms with Crippen molar-refractivity contribution in [1.82, 2.24) is 4.90 Å². The van der Waals surface area contributed by atoms with Gasteiger partial charge in [0.1, 0.15) is 0 Å². The molecule has 1 aromatic carbocycles. The Hall–Kier alpha value is -1.53. The van der Waals surface area contributed by atoms with Gasteiger partial charge in [0, 0.05) is 24.8 Å². The van der Waals surface area contributed by atoms with E-state index in [4.69, 9.17) is 5.26 Å². The SMILES string of the molecule is N#Cc1cccc(N2CCC(N3CCCCC3)CC2)c1. The molecule has 2 aliphatic rings. The molecule has 0 spiro atoms. The molecule has 1 aromatic rings. The van der Waals surface area contributed by atoms with Gasteiger partial charge in [-0.25, -0.2) is 0 Å². The molecule has 3 rings (SSSR count). The number of likely N-dealkylation sites (tertiary alicyclic amines) is 1. The van der Waals surface area contributed by atoms with E-state index in [0.717, 1.165) is 24.7 Å². The van der Waals surface area contributed by atoms with Gasteiger partial charge in [-0.15, -0.1) is 0 Å². The van der Waals surface area contributed by atoms with Gasteiger partial charge in [0.2, 0.25) is 0 Å². The Balaban J connectivity index is 1.59. The van der Waals surface area contributed by atoms with Crippen molar-refractivity contribution in [2.24, 2.45) is 0 Å². The molecule has 0 aromatic heterocycles. The first-order chi connectivity index (χ1) is 9.86. The number of nitriles is 1. The highest BCUT2D eigenvalue weighted by Gasteiger charge is 2.25. The van der Waals surface area contributed by atoms with Crippen LogP contribution in [0, 0.1) is 11.3 Å². The fourth-order valence-corrected chi connectivity index (χ4v) is 3.54. The number of hydrogen-bond donors (Lipinski definition) is 0. The summed E-state index contributed by atoms with van der Waals surface area (Å²) in [6.07, 6.45) is 6.69. The minimum Gasteiger partial charge on any atom is -0.371 e. The second-order valence-corrected chi connectivity index (χ2v) is 5.98. The molecule has 2 heterocycles. The zero-order chi connectivity index (χ0) is 13.8. The van der Waals surface area contributed by atoms with E-state index in [1.807, 2.05) is 18.2 Å². The molecule has 0 amide bonds. The maximum atomic E-state index is 9.00. The number of benzene rings is 1. The Morgan fingerprint density at radius 1 is 1.00 bits per heavy atom. The Morgan fingerprint density at radius 3 is 2.45 bits per heavy atom. The van der Waals surface area contributed by atoms with Crippen molar-refractivity contribution in [3.05, 3.63) is 29.8 Å². The maximum Gasteiger partial charge on any atom is 0.0992 e. The third kappa shape index (κ3) is 2.96. The molecule has 3 nitrogen and oxygen atoms in total. The minimum atomic E-state index is 0.764. The number of rotatable bonds is 2.